The van der Waals surface area contributed by atoms with Crippen molar-refractivity contribution < 1.29 is 33.8 Å². The van der Waals surface area contributed by atoms with Gasteiger partial charge in [-0.1, -0.05) is 0 Å². The maximum atomic E-state index is 11.9. The Hall–Kier alpha value is -2.32. The second-order valence-electron chi connectivity index (χ2n) is 4.37. The third-order valence-corrected chi connectivity index (χ3v) is 2.34. The van der Waals surface area contributed by atoms with Gasteiger partial charge in [-0.2, -0.15) is 0 Å². The van der Waals surface area contributed by atoms with E-state index < -0.39 is 42.6 Å². The molecule has 20 heavy (non-hydrogen) atoms. The minimum Gasteiger partial charge on any atom is -0.480 e. The van der Waals surface area contributed by atoms with E-state index in [1.807, 2.05) is 0 Å². The molecule has 2 N–H and O–H groups in total. The minimum atomic E-state index is -1.55. The number of ether oxygens (including phenoxy) is 2. The highest BCUT2D eigenvalue weighted by Crippen LogP contribution is 2.04. The number of hydrogen-bond donors (Lipinski definition) is 2. The molecule has 9 nitrogen and oxygen atoms in total. The Morgan fingerprint density at radius 1 is 1.05 bits per heavy atom. The zero-order valence-corrected chi connectivity index (χ0v) is 11.8. The second-order valence-corrected chi connectivity index (χ2v) is 4.37. The predicted molar refractivity (Wildman–Crippen MR) is 65.9 cm³/mol. The summed E-state index contributed by atoms with van der Waals surface area (Å²) < 4.78 is 8.79. The van der Waals surface area contributed by atoms with Gasteiger partial charge in [0.15, 0.2) is 0 Å². The lowest BCUT2D eigenvalue weighted by atomic mass is 10.1. The summed E-state index contributed by atoms with van der Waals surface area (Å²) in [5.41, 5.74) is -1.55. The number of urea groups is 1. The standard InChI is InChI=1S/C11H18N2O7/c1-11(2,9(16)17)12-10(18)13(5-7(14)19-3)6-8(15)20-4/h5-6H2,1-4H3,(H,12,18)(H,16,17). The molecule has 0 atom stereocenters. The molecule has 0 aliphatic heterocycles. The van der Waals surface area contributed by atoms with E-state index in [2.05, 4.69) is 14.8 Å². The van der Waals surface area contributed by atoms with Gasteiger partial charge in [0.2, 0.25) is 0 Å². The van der Waals surface area contributed by atoms with E-state index in [-0.39, 0.29) is 0 Å². The molecule has 0 rings (SSSR count). The zero-order chi connectivity index (χ0) is 15.9. The van der Waals surface area contributed by atoms with Crippen molar-refractivity contribution in [2.45, 2.75) is 19.4 Å². The van der Waals surface area contributed by atoms with E-state index in [0.29, 0.717) is 0 Å². The Bertz CT molecular complexity index is 388. The normalized spacial score (nSPS) is 10.4. The van der Waals surface area contributed by atoms with Crippen molar-refractivity contribution >= 4 is 23.9 Å². The fraction of sp³-hybridized carbons (Fsp3) is 0.636. The third-order valence-electron chi connectivity index (χ3n) is 2.34. The van der Waals surface area contributed by atoms with E-state index in [1.54, 1.807) is 0 Å². The van der Waals surface area contributed by atoms with Crippen molar-refractivity contribution in [3.05, 3.63) is 0 Å². The van der Waals surface area contributed by atoms with Gasteiger partial charge in [-0.25, -0.2) is 9.59 Å². The van der Waals surface area contributed by atoms with Crippen molar-refractivity contribution in [3.8, 4) is 0 Å². The Morgan fingerprint density at radius 3 is 1.75 bits per heavy atom. The summed E-state index contributed by atoms with van der Waals surface area (Å²) in [5, 5.41) is 11.1. The molecule has 0 spiro atoms. The lowest BCUT2D eigenvalue weighted by molar-refractivity contribution is -0.144. The van der Waals surface area contributed by atoms with Gasteiger partial charge in [-0.3, -0.25) is 9.59 Å². The van der Waals surface area contributed by atoms with Crippen LogP contribution in [-0.4, -0.2) is 66.8 Å². The average molecular weight is 290 g/mol. The van der Waals surface area contributed by atoms with Crippen LogP contribution >= 0.6 is 0 Å². The number of carbonyl (C=O) groups excluding carboxylic acids is 3. The molecular formula is C11H18N2O7. The maximum Gasteiger partial charge on any atom is 0.328 e. The first-order valence-electron chi connectivity index (χ1n) is 5.58. The largest absolute Gasteiger partial charge is 0.480 e. The summed E-state index contributed by atoms with van der Waals surface area (Å²) in [6.45, 7) is 1.52. The maximum absolute atomic E-state index is 11.9. The number of nitrogens with one attached hydrogen (secondary N) is 1. The van der Waals surface area contributed by atoms with Crippen molar-refractivity contribution in [1.29, 1.82) is 0 Å². The lowest BCUT2D eigenvalue weighted by Crippen LogP contribution is -2.56. The van der Waals surface area contributed by atoms with Gasteiger partial charge in [-0.15, -0.1) is 0 Å². The summed E-state index contributed by atoms with van der Waals surface area (Å²) >= 11 is 0. The molecule has 0 saturated carbocycles. The van der Waals surface area contributed by atoms with Crippen LogP contribution in [0.5, 0.6) is 0 Å². The molecule has 0 heterocycles. The van der Waals surface area contributed by atoms with Gasteiger partial charge in [0.05, 0.1) is 14.2 Å². The molecule has 9 heteroatoms. The fourth-order valence-corrected chi connectivity index (χ4v) is 1.04. The van der Waals surface area contributed by atoms with Crippen LogP contribution in [0.15, 0.2) is 0 Å². The molecule has 0 aliphatic rings. The number of carbonyl (C=O) groups is 4. The molecule has 0 aromatic heterocycles. The number of esters is 2. The average Bonchev–Trinajstić information content (AvgIpc) is 2.36. The van der Waals surface area contributed by atoms with Crippen molar-refractivity contribution in [3.63, 3.8) is 0 Å². The summed E-state index contributed by atoms with van der Waals surface area (Å²) in [4.78, 5) is 46.0. The van der Waals surface area contributed by atoms with Crippen LogP contribution < -0.4 is 5.32 Å². The lowest BCUT2D eigenvalue weighted by Gasteiger charge is -2.26. The highest BCUT2D eigenvalue weighted by molar-refractivity contribution is 5.89. The predicted octanol–water partition coefficient (Wildman–Crippen LogP) is -0.793. The van der Waals surface area contributed by atoms with Crippen molar-refractivity contribution in [1.82, 2.24) is 10.2 Å². The van der Waals surface area contributed by atoms with E-state index in [1.165, 1.54) is 13.8 Å². The Kier molecular flexibility index (Phi) is 6.47. The van der Waals surface area contributed by atoms with Gasteiger partial charge in [-0.05, 0) is 13.8 Å². The number of amides is 2. The van der Waals surface area contributed by atoms with Gasteiger partial charge in [0, 0.05) is 0 Å². The van der Waals surface area contributed by atoms with Crippen LogP contribution in [0.2, 0.25) is 0 Å². The van der Waals surface area contributed by atoms with Crippen LogP contribution in [0, 0.1) is 0 Å². The SMILES string of the molecule is COC(=O)CN(CC(=O)OC)C(=O)NC(C)(C)C(=O)O. The van der Waals surface area contributed by atoms with E-state index in [4.69, 9.17) is 5.11 Å². The molecule has 0 aliphatic carbocycles. The van der Waals surface area contributed by atoms with E-state index in [9.17, 15) is 19.2 Å². The number of methoxy groups -OCH3 is 2. The van der Waals surface area contributed by atoms with Gasteiger partial charge in [0.1, 0.15) is 18.6 Å². The van der Waals surface area contributed by atoms with Crippen LogP contribution in [0.4, 0.5) is 4.79 Å². The Labute approximate surface area is 115 Å². The molecule has 0 bridgehead atoms. The van der Waals surface area contributed by atoms with Gasteiger partial charge >= 0.3 is 23.9 Å². The van der Waals surface area contributed by atoms with E-state index in [0.717, 1.165) is 19.1 Å². The van der Waals surface area contributed by atoms with Crippen molar-refractivity contribution in [2.75, 3.05) is 27.3 Å². The molecule has 0 fully saturated rings. The third kappa shape index (κ3) is 5.55. The topological polar surface area (TPSA) is 122 Å². The second kappa shape index (κ2) is 7.31. The molecule has 0 unspecified atom stereocenters. The molecule has 2 amide bonds. The van der Waals surface area contributed by atoms with Gasteiger partial charge < -0.3 is 24.8 Å². The van der Waals surface area contributed by atoms with Crippen LogP contribution in [0.25, 0.3) is 0 Å². The highest BCUT2D eigenvalue weighted by atomic mass is 16.5. The fourth-order valence-electron chi connectivity index (χ4n) is 1.04. The molecule has 0 radical (unpaired) electrons. The Morgan fingerprint density at radius 2 is 1.45 bits per heavy atom. The number of carboxylic acids is 1. The zero-order valence-electron chi connectivity index (χ0n) is 11.8. The summed E-state index contributed by atoms with van der Waals surface area (Å²) in [6, 6.07) is -0.895. The summed E-state index contributed by atoms with van der Waals surface area (Å²) in [7, 11) is 2.25. The first-order chi connectivity index (χ1) is 9.13. The number of nitrogens with zero attached hydrogens (tertiary/aromatic N) is 1. The van der Waals surface area contributed by atoms with Crippen LogP contribution in [0.3, 0.4) is 0 Å². The smallest absolute Gasteiger partial charge is 0.328 e. The molecule has 114 valence electrons. The molecule has 0 aromatic carbocycles. The van der Waals surface area contributed by atoms with Crippen LogP contribution in [0.1, 0.15) is 13.8 Å². The van der Waals surface area contributed by atoms with Crippen molar-refractivity contribution in [2.24, 2.45) is 0 Å². The number of aliphatic carboxylic acids is 1. The summed E-state index contributed by atoms with van der Waals surface area (Å²) in [6.07, 6.45) is 0. The first-order valence-corrected chi connectivity index (χ1v) is 5.58. The van der Waals surface area contributed by atoms with Gasteiger partial charge in [0.25, 0.3) is 0 Å². The minimum absolute atomic E-state index is 0.507. The Balaban J connectivity index is 4.92. The first kappa shape index (κ1) is 17.7. The number of rotatable bonds is 6. The summed E-state index contributed by atoms with van der Waals surface area (Å²) in [5.74, 6) is -2.77. The number of hydrogen-bond acceptors (Lipinski definition) is 6. The van der Waals surface area contributed by atoms with Crippen LogP contribution in [-0.2, 0) is 23.9 Å². The highest BCUT2D eigenvalue weighted by Gasteiger charge is 2.32. The molecular weight excluding hydrogens is 272 g/mol. The molecule has 0 saturated heterocycles. The number of carboxylic acid groups (broad SMARTS) is 1. The monoisotopic (exact) mass is 290 g/mol. The quantitative estimate of drug-likeness (QED) is 0.614. The van der Waals surface area contributed by atoms with E-state index >= 15 is 0 Å². The molecule has 0 aromatic rings.